The lowest BCUT2D eigenvalue weighted by Crippen LogP contribution is -2.24. The first-order valence-electron chi connectivity index (χ1n) is 5.75. The van der Waals surface area contributed by atoms with Gasteiger partial charge < -0.3 is 9.84 Å². The van der Waals surface area contributed by atoms with Gasteiger partial charge in [0.15, 0.2) is 0 Å². The number of aliphatic hydroxyl groups excluding tert-OH is 1. The highest BCUT2D eigenvalue weighted by Gasteiger charge is 2.05. The predicted molar refractivity (Wildman–Crippen MR) is 71.8 cm³/mol. The Morgan fingerprint density at radius 2 is 1.72 bits per heavy atom. The van der Waals surface area contributed by atoms with Gasteiger partial charge in [-0.25, -0.2) is 5.84 Å². The number of hydrogen-bond donors (Lipinski definition) is 2. The van der Waals surface area contributed by atoms with Crippen LogP contribution < -0.4 is 15.6 Å². The van der Waals surface area contributed by atoms with E-state index < -0.39 is 0 Å². The molecule has 0 saturated heterocycles. The Morgan fingerprint density at radius 3 is 2.44 bits per heavy atom. The van der Waals surface area contributed by atoms with Crippen molar-refractivity contribution >= 4 is 11.4 Å². The molecule has 0 heterocycles. The third-order valence-corrected chi connectivity index (χ3v) is 2.49. The van der Waals surface area contributed by atoms with Crippen molar-refractivity contribution in [3.05, 3.63) is 54.6 Å². The number of hydrazine groups is 1. The lowest BCUT2D eigenvalue weighted by Gasteiger charge is -2.19. The fourth-order valence-corrected chi connectivity index (χ4v) is 1.62. The second-order valence-electron chi connectivity index (χ2n) is 3.77. The third kappa shape index (κ3) is 3.00. The lowest BCUT2D eigenvalue weighted by molar-refractivity contribution is 0.201. The highest BCUT2D eigenvalue weighted by molar-refractivity contribution is 5.62. The zero-order chi connectivity index (χ0) is 12.8. The van der Waals surface area contributed by atoms with Crippen LogP contribution in [-0.4, -0.2) is 18.3 Å². The topological polar surface area (TPSA) is 58.7 Å². The van der Waals surface area contributed by atoms with E-state index in [9.17, 15) is 0 Å². The average molecular weight is 244 g/mol. The van der Waals surface area contributed by atoms with E-state index in [1.807, 2.05) is 54.6 Å². The highest BCUT2D eigenvalue weighted by Crippen LogP contribution is 2.25. The van der Waals surface area contributed by atoms with Gasteiger partial charge in [-0.3, -0.25) is 5.01 Å². The first-order chi connectivity index (χ1) is 8.81. The van der Waals surface area contributed by atoms with Gasteiger partial charge in [0.25, 0.3) is 0 Å². The lowest BCUT2D eigenvalue weighted by atomic mass is 10.2. The summed E-state index contributed by atoms with van der Waals surface area (Å²) in [5.74, 6) is 6.73. The van der Waals surface area contributed by atoms with E-state index in [1.54, 1.807) is 5.01 Å². The van der Waals surface area contributed by atoms with Crippen LogP contribution in [0.25, 0.3) is 0 Å². The van der Waals surface area contributed by atoms with E-state index >= 15 is 0 Å². The van der Waals surface area contributed by atoms with Crippen LogP contribution in [-0.2, 0) is 0 Å². The molecule has 0 bridgehead atoms. The third-order valence-electron chi connectivity index (χ3n) is 2.49. The summed E-state index contributed by atoms with van der Waals surface area (Å²) in [6.45, 7) is 0.272. The Balaban J connectivity index is 2.17. The van der Waals surface area contributed by atoms with E-state index in [1.165, 1.54) is 0 Å². The Labute approximate surface area is 106 Å². The quantitative estimate of drug-likeness (QED) is 0.624. The van der Waals surface area contributed by atoms with Gasteiger partial charge >= 0.3 is 0 Å². The zero-order valence-electron chi connectivity index (χ0n) is 9.99. The maximum absolute atomic E-state index is 8.72. The normalized spacial score (nSPS) is 10.1. The molecule has 18 heavy (non-hydrogen) atoms. The molecule has 2 aromatic carbocycles. The van der Waals surface area contributed by atoms with Crippen LogP contribution in [0.2, 0.25) is 0 Å². The second kappa shape index (κ2) is 6.05. The molecule has 0 unspecified atom stereocenters. The van der Waals surface area contributed by atoms with Crippen molar-refractivity contribution in [2.75, 3.05) is 18.2 Å². The van der Waals surface area contributed by atoms with Crippen molar-refractivity contribution < 1.29 is 9.84 Å². The first-order valence-corrected chi connectivity index (χ1v) is 5.75. The minimum absolute atomic E-state index is 0.00471. The zero-order valence-corrected chi connectivity index (χ0v) is 9.99. The molecule has 0 amide bonds. The van der Waals surface area contributed by atoms with Crippen LogP contribution in [0.15, 0.2) is 54.6 Å². The van der Waals surface area contributed by atoms with Crippen LogP contribution in [0, 0.1) is 0 Å². The Kier molecular flexibility index (Phi) is 4.17. The molecule has 2 rings (SSSR count). The summed E-state index contributed by atoms with van der Waals surface area (Å²) in [4.78, 5) is 0. The number of nitrogens with two attached hydrogens (primary N) is 1. The van der Waals surface area contributed by atoms with E-state index in [-0.39, 0.29) is 13.2 Å². The van der Waals surface area contributed by atoms with Crippen molar-refractivity contribution in [2.45, 2.75) is 0 Å². The number of nitrogens with zero attached hydrogens (tertiary/aromatic N) is 1. The summed E-state index contributed by atoms with van der Waals surface area (Å²) in [5, 5.41) is 10.3. The number of benzene rings is 2. The number of rotatable bonds is 5. The maximum atomic E-state index is 8.72. The van der Waals surface area contributed by atoms with Crippen LogP contribution in [0.1, 0.15) is 0 Å². The summed E-state index contributed by atoms with van der Waals surface area (Å²) in [7, 11) is 0. The maximum Gasteiger partial charge on any atom is 0.121 e. The van der Waals surface area contributed by atoms with Crippen LogP contribution in [0.4, 0.5) is 11.4 Å². The fourth-order valence-electron chi connectivity index (χ4n) is 1.62. The van der Waals surface area contributed by atoms with Gasteiger partial charge in [0, 0.05) is 6.07 Å². The van der Waals surface area contributed by atoms with Crippen molar-refractivity contribution in [1.29, 1.82) is 0 Å². The first kappa shape index (κ1) is 12.4. The Hall–Kier alpha value is -2.04. The predicted octanol–water partition coefficient (Wildman–Crippen LogP) is 2.07. The molecule has 0 spiro atoms. The molecule has 0 fully saturated rings. The molecule has 2 aromatic rings. The molecular weight excluding hydrogens is 228 g/mol. The van der Waals surface area contributed by atoms with Gasteiger partial charge in [0.1, 0.15) is 12.4 Å². The van der Waals surface area contributed by atoms with Crippen LogP contribution in [0.5, 0.6) is 5.75 Å². The number of para-hydroxylation sites is 1. The van der Waals surface area contributed by atoms with E-state index in [0.29, 0.717) is 5.75 Å². The van der Waals surface area contributed by atoms with Crippen molar-refractivity contribution in [2.24, 2.45) is 5.84 Å². The summed E-state index contributed by atoms with van der Waals surface area (Å²) in [6, 6.07) is 17.1. The molecule has 0 aliphatic rings. The standard InChI is InChI=1S/C14H16N2O2/c15-16(12-5-2-1-3-6-12)13-7-4-8-14(11-13)18-10-9-17/h1-8,11,17H,9-10,15H2. The summed E-state index contributed by atoms with van der Waals surface area (Å²) < 4.78 is 5.35. The largest absolute Gasteiger partial charge is 0.491 e. The number of hydrogen-bond acceptors (Lipinski definition) is 4. The summed E-state index contributed by atoms with van der Waals surface area (Å²) >= 11 is 0. The highest BCUT2D eigenvalue weighted by atomic mass is 16.5. The number of anilines is 2. The molecule has 0 aliphatic heterocycles. The van der Waals surface area contributed by atoms with Crippen molar-refractivity contribution in [1.82, 2.24) is 0 Å². The van der Waals surface area contributed by atoms with E-state index in [0.717, 1.165) is 11.4 Å². The van der Waals surface area contributed by atoms with Gasteiger partial charge in [0.05, 0.1) is 18.0 Å². The molecule has 3 N–H and O–H groups in total. The van der Waals surface area contributed by atoms with Crippen molar-refractivity contribution in [3.63, 3.8) is 0 Å². The molecule has 94 valence electrons. The Morgan fingerprint density at radius 1 is 1.00 bits per heavy atom. The van der Waals surface area contributed by atoms with E-state index in [2.05, 4.69) is 0 Å². The van der Waals surface area contributed by atoms with Crippen molar-refractivity contribution in [3.8, 4) is 5.75 Å². The van der Waals surface area contributed by atoms with Gasteiger partial charge in [0.2, 0.25) is 0 Å². The van der Waals surface area contributed by atoms with Crippen LogP contribution >= 0.6 is 0 Å². The minimum Gasteiger partial charge on any atom is -0.491 e. The molecule has 0 atom stereocenters. The monoisotopic (exact) mass is 244 g/mol. The van der Waals surface area contributed by atoms with Gasteiger partial charge in [-0.2, -0.15) is 0 Å². The van der Waals surface area contributed by atoms with Crippen LogP contribution in [0.3, 0.4) is 0 Å². The second-order valence-corrected chi connectivity index (χ2v) is 3.77. The number of ether oxygens (including phenoxy) is 1. The fraction of sp³-hybridized carbons (Fsp3) is 0.143. The molecule has 4 nitrogen and oxygen atoms in total. The van der Waals surface area contributed by atoms with Gasteiger partial charge in [-0.15, -0.1) is 0 Å². The smallest absolute Gasteiger partial charge is 0.121 e. The summed E-state index contributed by atoms with van der Waals surface area (Å²) in [6.07, 6.45) is 0. The summed E-state index contributed by atoms with van der Waals surface area (Å²) in [5.41, 5.74) is 1.73. The van der Waals surface area contributed by atoms with Gasteiger partial charge in [-0.1, -0.05) is 24.3 Å². The van der Waals surface area contributed by atoms with Gasteiger partial charge in [-0.05, 0) is 24.3 Å². The molecule has 0 saturated carbocycles. The van der Waals surface area contributed by atoms with E-state index in [4.69, 9.17) is 15.7 Å². The molecule has 0 aliphatic carbocycles. The molecular formula is C14H16N2O2. The Bertz CT molecular complexity index is 488. The SMILES string of the molecule is NN(c1ccccc1)c1cccc(OCCO)c1. The number of aliphatic hydroxyl groups is 1. The molecule has 0 radical (unpaired) electrons. The average Bonchev–Trinajstić information content (AvgIpc) is 2.45. The minimum atomic E-state index is -0.00471. The molecule has 0 aromatic heterocycles. The molecule has 4 heteroatoms.